The van der Waals surface area contributed by atoms with Gasteiger partial charge >= 0.3 is 11.9 Å². The number of ether oxygens (including phenoxy) is 4. The summed E-state index contributed by atoms with van der Waals surface area (Å²) in [5.41, 5.74) is 1.78. The van der Waals surface area contributed by atoms with Gasteiger partial charge in [0, 0.05) is 0 Å². The molecule has 198 valence electrons. The van der Waals surface area contributed by atoms with E-state index in [-0.39, 0.29) is 23.5 Å². The van der Waals surface area contributed by atoms with E-state index in [0.717, 1.165) is 0 Å². The molecule has 0 bridgehead atoms. The first-order valence-corrected chi connectivity index (χ1v) is 12.4. The number of esters is 1. The first-order valence-electron chi connectivity index (χ1n) is 11.6. The van der Waals surface area contributed by atoms with E-state index in [4.69, 9.17) is 24.1 Å². The van der Waals surface area contributed by atoms with Crippen LogP contribution in [0.2, 0.25) is 0 Å². The lowest BCUT2D eigenvalue weighted by Crippen LogP contribution is -2.39. The van der Waals surface area contributed by atoms with E-state index in [2.05, 4.69) is 4.99 Å². The Hall–Kier alpha value is -4.38. The lowest BCUT2D eigenvalue weighted by Gasteiger charge is -2.24. The van der Waals surface area contributed by atoms with E-state index in [0.29, 0.717) is 37.7 Å². The number of carboxylic acids is 1. The maximum absolute atomic E-state index is 13.7. The highest BCUT2D eigenvalue weighted by Crippen LogP contribution is 2.32. The van der Waals surface area contributed by atoms with Gasteiger partial charge in [0.2, 0.25) is 0 Å². The van der Waals surface area contributed by atoms with Crippen LogP contribution in [0.1, 0.15) is 31.0 Å². The summed E-state index contributed by atoms with van der Waals surface area (Å²) in [7, 11) is 3.00. The number of methoxy groups -OCH3 is 2. The molecule has 10 nitrogen and oxygen atoms in total. The summed E-state index contributed by atoms with van der Waals surface area (Å²) in [5.74, 6) is -0.414. The van der Waals surface area contributed by atoms with Gasteiger partial charge in [-0.2, -0.15) is 0 Å². The summed E-state index contributed by atoms with van der Waals surface area (Å²) in [4.78, 5) is 42.6. The number of hydrogen-bond donors (Lipinski definition) is 1. The van der Waals surface area contributed by atoms with Gasteiger partial charge in [-0.05, 0) is 55.3 Å². The Labute approximate surface area is 221 Å². The number of carbonyl (C=O) groups is 2. The van der Waals surface area contributed by atoms with Crippen molar-refractivity contribution in [3.63, 3.8) is 0 Å². The third kappa shape index (κ3) is 5.32. The van der Waals surface area contributed by atoms with E-state index in [1.165, 1.54) is 23.0 Å². The highest BCUT2D eigenvalue weighted by atomic mass is 32.1. The number of hydrogen-bond acceptors (Lipinski definition) is 9. The maximum Gasteiger partial charge on any atom is 0.341 e. The Bertz CT molecular complexity index is 1580. The minimum atomic E-state index is -1.11. The number of carbonyl (C=O) groups excluding carboxylic acids is 1. The normalized spacial score (nSPS) is 14.9. The zero-order chi connectivity index (χ0) is 27.4. The van der Waals surface area contributed by atoms with Crippen LogP contribution in [-0.2, 0) is 14.3 Å². The zero-order valence-electron chi connectivity index (χ0n) is 21.2. The number of aliphatic carboxylic acids is 1. The van der Waals surface area contributed by atoms with Crippen molar-refractivity contribution in [2.45, 2.75) is 19.9 Å². The van der Waals surface area contributed by atoms with E-state index >= 15 is 0 Å². The molecular weight excluding hydrogens is 512 g/mol. The number of carboxylic acid groups (broad SMARTS) is 1. The standard InChI is InChI=1S/C27H26N2O8S/c1-5-36-26(33)23-15(2)28-27-29(24(23)17-7-9-18(34-3)10-8-17)25(32)21(38-27)13-16-6-11-19(20(12-16)35-4)37-14-22(30)31/h6-13,24H,5,14H2,1-4H3,(H,30,31)/b21-13-/t24-/m0/s1. The Kier molecular flexibility index (Phi) is 7.96. The summed E-state index contributed by atoms with van der Waals surface area (Å²) in [5, 5.41) is 8.87. The van der Waals surface area contributed by atoms with Crippen LogP contribution in [0.5, 0.6) is 17.2 Å². The molecule has 1 aliphatic rings. The molecule has 4 rings (SSSR count). The van der Waals surface area contributed by atoms with Crippen molar-refractivity contribution in [1.29, 1.82) is 0 Å². The first-order chi connectivity index (χ1) is 18.3. The van der Waals surface area contributed by atoms with Crippen LogP contribution in [0.25, 0.3) is 6.08 Å². The summed E-state index contributed by atoms with van der Waals surface area (Å²) in [6.07, 6.45) is 1.68. The zero-order valence-corrected chi connectivity index (χ0v) is 22.0. The van der Waals surface area contributed by atoms with Gasteiger partial charge < -0.3 is 24.1 Å². The van der Waals surface area contributed by atoms with Crippen LogP contribution in [-0.4, -0.2) is 49.0 Å². The summed E-state index contributed by atoms with van der Waals surface area (Å²) < 4.78 is 23.1. The van der Waals surface area contributed by atoms with Crippen molar-refractivity contribution < 1.29 is 33.6 Å². The number of nitrogens with zero attached hydrogens (tertiary/aromatic N) is 2. The third-order valence-electron chi connectivity index (χ3n) is 5.79. The molecule has 1 atom stereocenters. The second kappa shape index (κ2) is 11.3. The number of aromatic nitrogens is 1. The quantitative estimate of drug-likeness (QED) is 0.412. The minimum absolute atomic E-state index is 0.184. The smallest absolute Gasteiger partial charge is 0.341 e. The molecule has 2 aromatic carbocycles. The second-order valence-corrected chi connectivity index (χ2v) is 9.18. The number of fused-ring (bicyclic) bond motifs is 1. The fourth-order valence-corrected chi connectivity index (χ4v) is 5.12. The molecule has 0 saturated carbocycles. The van der Waals surface area contributed by atoms with E-state index in [1.54, 1.807) is 69.5 Å². The summed E-state index contributed by atoms with van der Waals surface area (Å²) in [6.45, 7) is 3.11. The van der Waals surface area contributed by atoms with Gasteiger partial charge in [-0.15, -0.1) is 0 Å². The predicted octanol–water partition coefficient (Wildman–Crippen LogP) is 2.28. The number of benzene rings is 2. The lowest BCUT2D eigenvalue weighted by molar-refractivity contribution is -0.140. The average Bonchev–Trinajstić information content (AvgIpc) is 3.21. The third-order valence-corrected chi connectivity index (χ3v) is 6.77. The van der Waals surface area contributed by atoms with Crippen LogP contribution in [0.3, 0.4) is 0 Å². The fraction of sp³-hybridized carbons (Fsp3) is 0.259. The summed E-state index contributed by atoms with van der Waals surface area (Å²) >= 11 is 1.19. The molecule has 38 heavy (non-hydrogen) atoms. The monoisotopic (exact) mass is 538 g/mol. The van der Waals surface area contributed by atoms with Crippen molar-refractivity contribution in [3.05, 3.63) is 84.5 Å². The molecule has 1 aromatic heterocycles. The molecular formula is C27H26N2O8S. The van der Waals surface area contributed by atoms with Crippen molar-refractivity contribution in [2.75, 3.05) is 27.4 Å². The van der Waals surface area contributed by atoms with Crippen molar-refractivity contribution in [2.24, 2.45) is 4.99 Å². The van der Waals surface area contributed by atoms with Gasteiger partial charge in [0.05, 0.1) is 42.7 Å². The maximum atomic E-state index is 13.7. The second-order valence-electron chi connectivity index (χ2n) is 8.17. The molecule has 0 radical (unpaired) electrons. The topological polar surface area (TPSA) is 126 Å². The van der Waals surface area contributed by atoms with Crippen molar-refractivity contribution in [3.8, 4) is 17.2 Å². The van der Waals surface area contributed by atoms with Gasteiger partial charge in [0.15, 0.2) is 22.9 Å². The van der Waals surface area contributed by atoms with E-state index in [9.17, 15) is 14.4 Å². The predicted molar refractivity (Wildman–Crippen MR) is 140 cm³/mol. The Balaban J connectivity index is 1.84. The van der Waals surface area contributed by atoms with Gasteiger partial charge in [-0.1, -0.05) is 29.5 Å². The van der Waals surface area contributed by atoms with Crippen molar-refractivity contribution >= 4 is 29.4 Å². The number of rotatable bonds is 9. The largest absolute Gasteiger partial charge is 0.497 e. The van der Waals surface area contributed by atoms with E-state index < -0.39 is 24.6 Å². The molecule has 0 amide bonds. The van der Waals surface area contributed by atoms with Gasteiger partial charge in [0.25, 0.3) is 5.56 Å². The van der Waals surface area contributed by atoms with Crippen molar-refractivity contribution in [1.82, 2.24) is 4.57 Å². The first kappa shape index (κ1) is 26.7. The van der Waals surface area contributed by atoms with Gasteiger partial charge in [0.1, 0.15) is 5.75 Å². The highest BCUT2D eigenvalue weighted by Gasteiger charge is 2.33. The van der Waals surface area contributed by atoms with Crippen LogP contribution >= 0.6 is 11.3 Å². The minimum Gasteiger partial charge on any atom is -0.497 e. The Morgan fingerprint density at radius 1 is 1.11 bits per heavy atom. The molecule has 1 aliphatic heterocycles. The molecule has 2 heterocycles. The molecule has 0 aliphatic carbocycles. The molecule has 0 unspecified atom stereocenters. The lowest BCUT2D eigenvalue weighted by atomic mass is 9.96. The van der Waals surface area contributed by atoms with Crippen LogP contribution in [0.15, 0.2) is 63.5 Å². The molecule has 0 saturated heterocycles. The number of allylic oxidation sites excluding steroid dienone is 1. The Morgan fingerprint density at radius 3 is 2.47 bits per heavy atom. The van der Waals surface area contributed by atoms with Crippen LogP contribution in [0, 0.1) is 0 Å². The van der Waals surface area contributed by atoms with Crippen LogP contribution < -0.4 is 29.1 Å². The molecule has 0 spiro atoms. The molecule has 11 heteroatoms. The highest BCUT2D eigenvalue weighted by molar-refractivity contribution is 7.07. The summed E-state index contributed by atoms with van der Waals surface area (Å²) in [6, 6.07) is 11.3. The SMILES string of the molecule is CCOC(=O)C1=C(C)N=c2s/c(=C\c3ccc(OCC(=O)O)c(OC)c3)c(=O)n2[C@H]1c1ccc(OC)cc1. The molecule has 3 aromatic rings. The number of thiazole rings is 1. The van der Waals surface area contributed by atoms with Gasteiger partial charge in [-0.3, -0.25) is 9.36 Å². The van der Waals surface area contributed by atoms with Gasteiger partial charge in [-0.25, -0.2) is 14.6 Å². The Morgan fingerprint density at radius 2 is 1.84 bits per heavy atom. The molecule has 0 fully saturated rings. The van der Waals surface area contributed by atoms with Crippen LogP contribution in [0.4, 0.5) is 0 Å². The van der Waals surface area contributed by atoms with E-state index in [1.807, 2.05) is 0 Å². The average molecular weight is 539 g/mol. The fourth-order valence-electron chi connectivity index (χ4n) is 4.08. The molecule has 1 N–H and O–H groups in total.